The summed E-state index contributed by atoms with van der Waals surface area (Å²) >= 11 is 3.44. The van der Waals surface area contributed by atoms with E-state index in [0.29, 0.717) is 12.8 Å². The van der Waals surface area contributed by atoms with Gasteiger partial charge in [-0.15, -0.1) is 0 Å². The van der Waals surface area contributed by atoms with Gasteiger partial charge in [0.15, 0.2) is 0 Å². The van der Waals surface area contributed by atoms with Gasteiger partial charge in [0.2, 0.25) is 0 Å². The largest absolute Gasteiger partial charge is 0.389 e. The summed E-state index contributed by atoms with van der Waals surface area (Å²) in [5.41, 5.74) is 5.50. The van der Waals surface area contributed by atoms with E-state index in [1.54, 1.807) is 0 Å². The summed E-state index contributed by atoms with van der Waals surface area (Å²) < 4.78 is 1.07. The Labute approximate surface area is 136 Å². The minimum Gasteiger partial charge on any atom is -0.389 e. The van der Waals surface area contributed by atoms with Gasteiger partial charge in [0, 0.05) is 17.3 Å². The predicted molar refractivity (Wildman–Crippen MR) is 92.8 cm³/mol. The summed E-state index contributed by atoms with van der Waals surface area (Å²) in [6.07, 6.45) is 1.34. The lowest BCUT2D eigenvalue weighted by atomic mass is 9.86. The second-order valence-corrected chi connectivity index (χ2v) is 7.27. The smallest absolute Gasteiger partial charge is 0.0700 e. The van der Waals surface area contributed by atoms with Crippen molar-refractivity contribution in [1.29, 1.82) is 0 Å². The maximum absolute atomic E-state index is 10.8. The third-order valence-electron chi connectivity index (χ3n) is 3.90. The normalized spacial score (nSPS) is 14.0. The third kappa shape index (κ3) is 4.42. The van der Waals surface area contributed by atoms with Gasteiger partial charge in [-0.2, -0.15) is 0 Å². The Balaban J connectivity index is 2.19. The van der Waals surface area contributed by atoms with Crippen molar-refractivity contribution in [2.24, 2.45) is 0 Å². The minimum atomic E-state index is -0.737. The summed E-state index contributed by atoms with van der Waals surface area (Å²) in [5, 5.41) is 10.8. The van der Waals surface area contributed by atoms with E-state index in [9.17, 15) is 5.11 Å². The van der Waals surface area contributed by atoms with Crippen molar-refractivity contribution in [2.75, 3.05) is 0 Å². The third-order valence-corrected chi connectivity index (χ3v) is 4.42. The molecule has 2 rings (SSSR count). The molecule has 0 bridgehead atoms. The first-order valence-electron chi connectivity index (χ1n) is 7.30. The van der Waals surface area contributed by atoms with E-state index in [4.69, 9.17) is 0 Å². The van der Waals surface area contributed by atoms with Gasteiger partial charge in [-0.1, -0.05) is 45.8 Å². The average Bonchev–Trinajstić information content (AvgIpc) is 2.36. The van der Waals surface area contributed by atoms with E-state index in [1.807, 2.05) is 19.1 Å². The van der Waals surface area contributed by atoms with E-state index in [2.05, 4.69) is 61.0 Å². The topological polar surface area (TPSA) is 20.2 Å². The number of rotatable bonds is 4. The second-order valence-electron chi connectivity index (χ2n) is 6.35. The van der Waals surface area contributed by atoms with E-state index >= 15 is 0 Å². The Kier molecular flexibility index (Phi) is 4.90. The number of benzene rings is 2. The van der Waals surface area contributed by atoms with Crippen molar-refractivity contribution in [1.82, 2.24) is 0 Å². The van der Waals surface area contributed by atoms with Crippen LogP contribution in [-0.2, 0) is 12.8 Å². The Morgan fingerprint density at radius 3 is 2.00 bits per heavy atom. The zero-order chi connectivity index (χ0) is 15.6. The van der Waals surface area contributed by atoms with E-state index in [0.717, 1.165) is 10.0 Å². The minimum absolute atomic E-state index is 0.660. The Morgan fingerprint density at radius 2 is 1.48 bits per heavy atom. The highest BCUT2D eigenvalue weighted by atomic mass is 79.9. The van der Waals surface area contributed by atoms with E-state index in [-0.39, 0.29) is 0 Å². The fraction of sp³-hybridized carbons (Fsp3) is 0.368. The predicted octanol–water partition coefficient (Wildman–Crippen LogP) is 4.91. The van der Waals surface area contributed by atoms with Crippen LogP contribution in [0.1, 0.15) is 34.7 Å². The van der Waals surface area contributed by atoms with Crippen LogP contribution in [0.3, 0.4) is 0 Å². The summed E-state index contributed by atoms with van der Waals surface area (Å²) in [6.45, 7) is 8.30. The molecular weight excluding hydrogens is 324 g/mol. The van der Waals surface area contributed by atoms with Gasteiger partial charge < -0.3 is 5.11 Å². The summed E-state index contributed by atoms with van der Waals surface area (Å²) in [4.78, 5) is 0. The molecule has 0 amide bonds. The van der Waals surface area contributed by atoms with Gasteiger partial charge in [-0.3, -0.25) is 0 Å². The van der Waals surface area contributed by atoms with Crippen molar-refractivity contribution in [3.63, 3.8) is 0 Å². The van der Waals surface area contributed by atoms with Crippen LogP contribution in [0, 0.1) is 20.8 Å². The summed E-state index contributed by atoms with van der Waals surface area (Å²) in [7, 11) is 0. The zero-order valence-electron chi connectivity index (χ0n) is 13.2. The molecule has 1 N–H and O–H groups in total. The van der Waals surface area contributed by atoms with Crippen LogP contribution in [-0.4, -0.2) is 10.7 Å². The second kappa shape index (κ2) is 6.33. The SMILES string of the molecule is Cc1cc(C)c(CC(C)(O)Cc2ccc(Br)cc2)c(C)c1. The maximum Gasteiger partial charge on any atom is 0.0700 e. The van der Waals surface area contributed by atoms with Crippen molar-refractivity contribution >= 4 is 15.9 Å². The summed E-state index contributed by atoms with van der Waals surface area (Å²) in [6, 6.07) is 12.6. The molecular formula is C19H23BrO. The molecule has 0 heterocycles. The number of aliphatic hydroxyl groups is 1. The lowest BCUT2D eigenvalue weighted by molar-refractivity contribution is 0.0605. The van der Waals surface area contributed by atoms with E-state index < -0.39 is 5.60 Å². The van der Waals surface area contributed by atoms with Gasteiger partial charge >= 0.3 is 0 Å². The molecule has 0 saturated carbocycles. The lowest BCUT2D eigenvalue weighted by Crippen LogP contribution is -2.30. The molecule has 0 spiro atoms. The quantitative estimate of drug-likeness (QED) is 0.833. The Morgan fingerprint density at radius 1 is 0.952 bits per heavy atom. The molecule has 0 aromatic heterocycles. The molecule has 0 aliphatic carbocycles. The molecule has 1 nitrogen and oxygen atoms in total. The first-order chi connectivity index (χ1) is 9.77. The molecule has 0 fully saturated rings. The van der Waals surface area contributed by atoms with Crippen LogP contribution in [0.5, 0.6) is 0 Å². The highest BCUT2D eigenvalue weighted by Crippen LogP contribution is 2.25. The molecule has 0 aliphatic rings. The number of hydrogen-bond donors (Lipinski definition) is 1. The van der Waals surface area contributed by atoms with Crippen molar-refractivity contribution in [2.45, 2.75) is 46.1 Å². The molecule has 0 radical (unpaired) electrons. The van der Waals surface area contributed by atoms with Crippen molar-refractivity contribution in [3.8, 4) is 0 Å². The molecule has 2 aromatic carbocycles. The average molecular weight is 347 g/mol. The first-order valence-corrected chi connectivity index (χ1v) is 8.10. The van der Waals surface area contributed by atoms with Gasteiger partial charge in [0.25, 0.3) is 0 Å². The monoisotopic (exact) mass is 346 g/mol. The molecule has 1 atom stereocenters. The molecule has 0 saturated heterocycles. The van der Waals surface area contributed by atoms with Crippen LogP contribution in [0.2, 0.25) is 0 Å². The zero-order valence-corrected chi connectivity index (χ0v) is 14.8. The van der Waals surface area contributed by atoms with Gasteiger partial charge in [0.1, 0.15) is 0 Å². The highest BCUT2D eigenvalue weighted by molar-refractivity contribution is 9.10. The molecule has 112 valence electrons. The lowest BCUT2D eigenvalue weighted by Gasteiger charge is -2.26. The number of aryl methyl sites for hydroxylation is 3. The Bertz CT molecular complexity index is 604. The van der Waals surface area contributed by atoms with Crippen LogP contribution < -0.4 is 0 Å². The first kappa shape index (κ1) is 16.3. The van der Waals surface area contributed by atoms with Crippen molar-refractivity contribution in [3.05, 3.63) is 68.7 Å². The maximum atomic E-state index is 10.8. The standard InChI is InChI=1S/C19H23BrO/c1-13-9-14(2)18(15(3)10-13)12-19(4,21)11-16-5-7-17(20)8-6-16/h5-10,21H,11-12H2,1-4H3. The number of hydrogen-bond acceptors (Lipinski definition) is 1. The van der Waals surface area contributed by atoms with E-state index in [1.165, 1.54) is 22.3 Å². The number of halogens is 1. The summed E-state index contributed by atoms with van der Waals surface area (Å²) in [5.74, 6) is 0. The van der Waals surface area contributed by atoms with Crippen LogP contribution in [0.4, 0.5) is 0 Å². The fourth-order valence-electron chi connectivity index (χ4n) is 2.97. The highest BCUT2D eigenvalue weighted by Gasteiger charge is 2.23. The molecule has 2 aromatic rings. The van der Waals surface area contributed by atoms with Gasteiger partial charge in [-0.05, 0) is 62.1 Å². The Hall–Kier alpha value is -1.12. The van der Waals surface area contributed by atoms with Crippen LogP contribution >= 0.6 is 15.9 Å². The van der Waals surface area contributed by atoms with Gasteiger partial charge in [-0.25, -0.2) is 0 Å². The van der Waals surface area contributed by atoms with Gasteiger partial charge in [0.05, 0.1) is 5.60 Å². The fourth-order valence-corrected chi connectivity index (χ4v) is 3.24. The van der Waals surface area contributed by atoms with Crippen molar-refractivity contribution < 1.29 is 5.11 Å². The molecule has 0 aliphatic heterocycles. The van der Waals surface area contributed by atoms with Crippen LogP contribution in [0.15, 0.2) is 40.9 Å². The molecule has 2 heteroatoms. The van der Waals surface area contributed by atoms with Crippen LogP contribution in [0.25, 0.3) is 0 Å². The molecule has 1 unspecified atom stereocenters. The molecule has 21 heavy (non-hydrogen) atoms.